The monoisotopic (exact) mass is 289 g/mol. The van der Waals surface area contributed by atoms with Gasteiger partial charge < -0.3 is 5.32 Å². The van der Waals surface area contributed by atoms with Gasteiger partial charge >= 0.3 is 0 Å². The molecule has 0 saturated carbocycles. The van der Waals surface area contributed by atoms with E-state index in [0.29, 0.717) is 5.41 Å². The highest BCUT2D eigenvalue weighted by Gasteiger charge is 2.08. The van der Waals surface area contributed by atoms with E-state index in [-0.39, 0.29) is 0 Å². The third kappa shape index (κ3) is 5.01. The Morgan fingerprint density at radius 3 is 2.53 bits per heavy atom. The first-order valence-electron chi connectivity index (χ1n) is 5.03. The lowest BCUT2D eigenvalue weighted by Gasteiger charge is -2.18. The summed E-state index contributed by atoms with van der Waals surface area (Å²) >= 11 is 9.34. The maximum absolute atomic E-state index is 5.92. The summed E-state index contributed by atoms with van der Waals surface area (Å²) in [6.07, 6.45) is 0. The number of hydrogen-bond acceptors (Lipinski definition) is 1. The first-order chi connectivity index (χ1) is 6.88. The maximum atomic E-state index is 5.92. The van der Waals surface area contributed by atoms with Gasteiger partial charge in [-0.15, -0.1) is 0 Å². The fraction of sp³-hybridized carbons (Fsp3) is 0.500. The molecular formula is C12H17BrClN. The molecule has 15 heavy (non-hydrogen) atoms. The molecule has 0 aliphatic carbocycles. The first kappa shape index (κ1) is 13.0. The summed E-state index contributed by atoms with van der Waals surface area (Å²) in [5.74, 6) is 0. The summed E-state index contributed by atoms with van der Waals surface area (Å²) in [6.45, 7) is 8.55. The van der Waals surface area contributed by atoms with E-state index in [1.807, 2.05) is 12.1 Å². The molecule has 0 fully saturated rings. The van der Waals surface area contributed by atoms with Gasteiger partial charge in [-0.2, -0.15) is 0 Å². The Kier molecular flexibility index (Phi) is 4.63. The number of rotatable bonds is 3. The molecule has 1 N–H and O–H groups in total. The van der Waals surface area contributed by atoms with Crippen molar-refractivity contribution in [3.63, 3.8) is 0 Å². The van der Waals surface area contributed by atoms with Crippen LogP contribution < -0.4 is 5.32 Å². The minimum absolute atomic E-state index is 0.323. The molecule has 1 rings (SSSR count). The number of benzene rings is 1. The van der Waals surface area contributed by atoms with Crippen LogP contribution in [0.15, 0.2) is 22.7 Å². The molecule has 1 nitrogen and oxygen atoms in total. The van der Waals surface area contributed by atoms with Crippen molar-refractivity contribution in [3.8, 4) is 0 Å². The summed E-state index contributed by atoms with van der Waals surface area (Å²) in [4.78, 5) is 0. The second kappa shape index (κ2) is 5.33. The third-order valence-corrected chi connectivity index (χ3v) is 3.18. The fourth-order valence-corrected chi connectivity index (χ4v) is 1.78. The summed E-state index contributed by atoms with van der Waals surface area (Å²) in [7, 11) is 0. The van der Waals surface area contributed by atoms with Crippen molar-refractivity contribution < 1.29 is 0 Å². The second-order valence-corrected chi connectivity index (χ2v) is 6.17. The number of nitrogens with one attached hydrogen (secondary N) is 1. The number of halogens is 2. The topological polar surface area (TPSA) is 12.0 Å². The highest BCUT2D eigenvalue weighted by molar-refractivity contribution is 9.10. The summed E-state index contributed by atoms with van der Waals surface area (Å²) in [6, 6.07) is 6.01. The van der Waals surface area contributed by atoms with Gasteiger partial charge in [-0.25, -0.2) is 0 Å². The highest BCUT2D eigenvalue weighted by atomic mass is 79.9. The van der Waals surface area contributed by atoms with Crippen molar-refractivity contribution in [3.05, 3.63) is 33.3 Å². The van der Waals surface area contributed by atoms with E-state index < -0.39 is 0 Å². The Morgan fingerprint density at radius 1 is 1.33 bits per heavy atom. The molecule has 0 aromatic heterocycles. The van der Waals surface area contributed by atoms with Crippen molar-refractivity contribution in [2.75, 3.05) is 6.54 Å². The van der Waals surface area contributed by atoms with Crippen LogP contribution in [-0.2, 0) is 6.54 Å². The van der Waals surface area contributed by atoms with Crippen molar-refractivity contribution in [1.82, 2.24) is 5.32 Å². The Hall–Kier alpha value is -0.0500. The largest absolute Gasteiger partial charge is 0.312 e. The maximum Gasteiger partial charge on any atom is 0.0548 e. The molecular weight excluding hydrogens is 273 g/mol. The zero-order valence-corrected chi connectivity index (χ0v) is 11.7. The van der Waals surface area contributed by atoms with Crippen molar-refractivity contribution in [2.24, 2.45) is 5.41 Å². The van der Waals surface area contributed by atoms with E-state index in [2.05, 4.69) is 48.1 Å². The predicted octanol–water partition coefficient (Wildman–Crippen LogP) is 4.24. The van der Waals surface area contributed by atoms with E-state index in [4.69, 9.17) is 11.6 Å². The SMILES string of the molecule is CC(C)(C)CNCc1ccc(Cl)c(Br)c1. The lowest BCUT2D eigenvalue weighted by atomic mass is 9.97. The minimum atomic E-state index is 0.323. The molecule has 0 atom stereocenters. The van der Waals surface area contributed by atoms with E-state index in [1.165, 1.54) is 5.56 Å². The zero-order valence-electron chi connectivity index (χ0n) is 9.40. The van der Waals surface area contributed by atoms with Crippen molar-refractivity contribution in [1.29, 1.82) is 0 Å². The Morgan fingerprint density at radius 2 is 2.00 bits per heavy atom. The number of hydrogen-bond donors (Lipinski definition) is 1. The normalized spacial score (nSPS) is 11.8. The van der Waals surface area contributed by atoms with Gasteiger partial charge in [0.15, 0.2) is 0 Å². The molecule has 0 aliphatic heterocycles. The molecule has 1 aromatic carbocycles. The van der Waals surface area contributed by atoms with Crippen LogP contribution in [0, 0.1) is 5.41 Å². The highest BCUT2D eigenvalue weighted by Crippen LogP contribution is 2.23. The van der Waals surface area contributed by atoms with Gasteiger partial charge in [0.05, 0.1) is 5.02 Å². The van der Waals surface area contributed by atoms with Crippen LogP contribution in [0.25, 0.3) is 0 Å². The lowest BCUT2D eigenvalue weighted by molar-refractivity contribution is 0.379. The molecule has 0 radical (unpaired) electrons. The van der Waals surface area contributed by atoms with Gasteiger partial charge in [-0.3, -0.25) is 0 Å². The van der Waals surface area contributed by atoms with Gasteiger partial charge in [0.25, 0.3) is 0 Å². The van der Waals surface area contributed by atoms with Crippen LogP contribution in [0.4, 0.5) is 0 Å². The van der Waals surface area contributed by atoms with E-state index >= 15 is 0 Å². The minimum Gasteiger partial charge on any atom is -0.312 e. The van der Waals surface area contributed by atoms with Crippen molar-refractivity contribution >= 4 is 27.5 Å². The molecule has 0 unspecified atom stereocenters. The van der Waals surface area contributed by atoms with Gasteiger partial charge in [0.1, 0.15) is 0 Å². The standard InChI is InChI=1S/C12H17BrClN/c1-12(2,3)8-15-7-9-4-5-11(14)10(13)6-9/h4-6,15H,7-8H2,1-3H3. The van der Waals surface area contributed by atoms with Crippen LogP contribution in [0.1, 0.15) is 26.3 Å². The molecule has 0 heterocycles. The molecule has 0 bridgehead atoms. The van der Waals surface area contributed by atoms with Gasteiger partial charge in [-0.1, -0.05) is 38.4 Å². The molecule has 3 heteroatoms. The first-order valence-corrected chi connectivity index (χ1v) is 6.20. The molecule has 1 aromatic rings. The molecule has 0 amide bonds. The average Bonchev–Trinajstić information content (AvgIpc) is 2.09. The predicted molar refractivity (Wildman–Crippen MR) is 70.3 cm³/mol. The fourth-order valence-electron chi connectivity index (χ4n) is 1.23. The van der Waals surface area contributed by atoms with E-state index in [1.54, 1.807) is 0 Å². The zero-order chi connectivity index (χ0) is 11.5. The second-order valence-electron chi connectivity index (χ2n) is 4.91. The Labute approximate surface area is 105 Å². The van der Waals surface area contributed by atoms with Crippen LogP contribution in [0.2, 0.25) is 5.02 Å². The van der Waals surface area contributed by atoms with E-state index in [0.717, 1.165) is 22.6 Å². The average molecular weight is 291 g/mol. The quantitative estimate of drug-likeness (QED) is 0.878. The summed E-state index contributed by atoms with van der Waals surface area (Å²) < 4.78 is 0.958. The Bertz CT molecular complexity index is 331. The van der Waals surface area contributed by atoms with Gasteiger partial charge in [-0.05, 0) is 39.0 Å². The molecule has 0 saturated heterocycles. The van der Waals surface area contributed by atoms with Crippen LogP contribution in [0.3, 0.4) is 0 Å². The van der Waals surface area contributed by atoms with Gasteiger partial charge in [0.2, 0.25) is 0 Å². The summed E-state index contributed by atoms with van der Waals surface area (Å²) in [5, 5.41) is 4.18. The third-order valence-electron chi connectivity index (χ3n) is 1.97. The van der Waals surface area contributed by atoms with Gasteiger partial charge in [0, 0.05) is 17.6 Å². The van der Waals surface area contributed by atoms with E-state index in [9.17, 15) is 0 Å². The molecule has 0 spiro atoms. The van der Waals surface area contributed by atoms with Crippen LogP contribution in [-0.4, -0.2) is 6.54 Å². The molecule has 84 valence electrons. The lowest BCUT2D eigenvalue weighted by Crippen LogP contribution is -2.26. The Balaban J connectivity index is 2.48. The van der Waals surface area contributed by atoms with Crippen LogP contribution >= 0.6 is 27.5 Å². The molecule has 0 aliphatic rings. The van der Waals surface area contributed by atoms with Crippen LogP contribution in [0.5, 0.6) is 0 Å². The smallest absolute Gasteiger partial charge is 0.0548 e. The summed E-state index contributed by atoms with van der Waals surface area (Å²) in [5.41, 5.74) is 1.57. The van der Waals surface area contributed by atoms with Crippen molar-refractivity contribution in [2.45, 2.75) is 27.3 Å².